The summed E-state index contributed by atoms with van der Waals surface area (Å²) in [6.07, 6.45) is 0. The van der Waals surface area contributed by atoms with Crippen LogP contribution in [0.1, 0.15) is 10.4 Å². The molecule has 0 atom stereocenters. The van der Waals surface area contributed by atoms with Crippen molar-refractivity contribution in [3.8, 4) is 5.75 Å². The van der Waals surface area contributed by atoms with Crippen LogP contribution in [0.3, 0.4) is 0 Å². The number of carbonyl (C=O) groups excluding carboxylic acids is 2. The normalized spacial score (nSPS) is 9.91. The third kappa shape index (κ3) is 5.19. The molecule has 0 bridgehead atoms. The molecule has 0 saturated heterocycles. The van der Waals surface area contributed by atoms with Gasteiger partial charge in [0.25, 0.3) is 11.8 Å². The average molecular weight is 431 g/mol. The van der Waals surface area contributed by atoms with Gasteiger partial charge in [-0.15, -0.1) is 0 Å². The minimum absolute atomic E-state index is 0.214. The largest absolute Gasteiger partial charge is 0.484 e. The molecule has 0 fully saturated rings. The second-order valence-electron chi connectivity index (χ2n) is 4.26. The Morgan fingerprint density at radius 3 is 2.50 bits per heavy atom. The number of hydrogen-bond acceptors (Lipinski definition) is 3. The Bertz CT molecular complexity index is 677. The van der Waals surface area contributed by atoms with Crippen LogP contribution in [0.25, 0.3) is 0 Å². The predicted octanol–water partition coefficient (Wildman–Crippen LogP) is 2.78. The molecule has 0 unspecified atom stereocenters. The number of amides is 2. The Balaban J connectivity index is 1.78. The first-order valence-corrected chi connectivity index (χ1v) is 7.73. The lowest BCUT2D eigenvalue weighted by Gasteiger charge is -2.09. The highest BCUT2D eigenvalue weighted by atomic mass is 127. The lowest BCUT2D eigenvalue weighted by Crippen LogP contribution is -2.43. The lowest BCUT2D eigenvalue weighted by molar-refractivity contribution is -0.123. The van der Waals surface area contributed by atoms with Crippen molar-refractivity contribution < 1.29 is 14.3 Å². The van der Waals surface area contributed by atoms with Crippen LogP contribution in [0, 0.1) is 3.57 Å². The molecule has 0 heterocycles. The SMILES string of the molecule is O=C(COc1ccc(Cl)cc1)NNC(=O)c1cccc(I)c1. The number of hydrazine groups is 1. The number of nitrogens with one attached hydrogen (secondary N) is 2. The minimum atomic E-state index is -0.464. The topological polar surface area (TPSA) is 67.4 Å². The van der Waals surface area contributed by atoms with Gasteiger partial charge in [0, 0.05) is 14.2 Å². The smallest absolute Gasteiger partial charge is 0.276 e. The molecule has 0 radical (unpaired) electrons. The number of carbonyl (C=O) groups is 2. The van der Waals surface area contributed by atoms with Crippen molar-refractivity contribution in [1.29, 1.82) is 0 Å². The molecule has 2 amide bonds. The summed E-state index contributed by atoms with van der Waals surface area (Å²) in [4.78, 5) is 23.4. The van der Waals surface area contributed by atoms with E-state index in [9.17, 15) is 9.59 Å². The van der Waals surface area contributed by atoms with Crippen LogP contribution in [0.2, 0.25) is 5.02 Å². The van der Waals surface area contributed by atoms with Gasteiger partial charge in [0.15, 0.2) is 6.61 Å². The van der Waals surface area contributed by atoms with Gasteiger partial charge in [-0.1, -0.05) is 17.7 Å². The van der Waals surface area contributed by atoms with Crippen LogP contribution < -0.4 is 15.6 Å². The Morgan fingerprint density at radius 1 is 1.09 bits per heavy atom. The molecule has 0 spiro atoms. The molecular formula is C15H12ClIN2O3. The molecule has 114 valence electrons. The van der Waals surface area contributed by atoms with Crippen LogP contribution in [0.5, 0.6) is 5.75 Å². The van der Waals surface area contributed by atoms with E-state index < -0.39 is 11.8 Å². The quantitative estimate of drug-likeness (QED) is 0.579. The van der Waals surface area contributed by atoms with Gasteiger partial charge in [-0.2, -0.15) is 0 Å². The highest BCUT2D eigenvalue weighted by Crippen LogP contribution is 2.15. The maximum Gasteiger partial charge on any atom is 0.276 e. The van der Waals surface area contributed by atoms with E-state index in [2.05, 4.69) is 33.4 Å². The highest BCUT2D eigenvalue weighted by Gasteiger charge is 2.08. The van der Waals surface area contributed by atoms with Gasteiger partial charge in [0.05, 0.1) is 0 Å². The van der Waals surface area contributed by atoms with Crippen LogP contribution in [0.15, 0.2) is 48.5 Å². The fraction of sp³-hybridized carbons (Fsp3) is 0.0667. The van der Waals surface area contributed by atoms with Crippen molar-refractivity contribution in [3.63, 3.8) is 0 Å². The van der Waals surface area contributed by atoms with Gasteiger partial charge in [-0.3, -0.25) is 20.4 Å². The van der Waals surface area contributed by atoms with E-state index >= 15 is 0 Å². The zero-order valence-electron chi connectivity index (χ0n) is 11.3. The Morgan fingerprint density at radius 2 is 1.82 bits per heavy atom. The summed E-state index contributed by atoms with van der Waals surface area (Å²) in [7, 11) is 0. The number of ether oxygens (including phenoxy) is 1. The van der Waals surface area contributed by atoms with Crippen LogP contribution in [-0.2, 0) is 4.79 Å². The fourth-order valence-electron chi connectivity index (χ4n) is 1.54. The lowest BCUT2D eigenvalue weighted by atomic mass is 10.2. The van der Waals surface area contributed by atoms with Crippen molar-refractivity contribution in [3.05, 3.63) is 62.7 Å². The van der Waals surface area contributed by atoms with Crippen molar-refractivity contribution in [1.82, 2.24) is 10.9 Å². The van der Waals surface area contributed by atoms with E-state index in [0.717, 1.165) is 3.57 Å². The van der Waals surface area contributed by atoms with E-state index in [1.165, 1.54) is 0 Å². The molecule has 0 aliphatic heterocycles. The Labute approximate surface area is 146 Å². The number of benzene rings is 2. The molecule has 0 aliphatic rings. The van der Waals surface area contributed by atoms with Gasteiger partial charge in [0.1, 0.15) is 5.75 Å². The fourth-order valence-corrected chi connectivity index (χ4v) is 2.21. The number of rotatable bonds is 4. The van der Waals surface area contributed by atoms with E-state index in [0.29, 0.717) is 16.3 Å². The summed E-state index contributed by atoms with van der Waals surface area (Å²) in [5.74, 6) is -0.337. The summed E-state index contributed by atoms with van der Waals surface area (Å²) in [6.45, 7) is -0.214. The van der Waals surface area contributed by atoms with E-state index in [1.54, 1.807) is 42.5 Å². The van der Waals surface area contributed by atoms with Gasteiger partial charge in [0.2, 0.25) is 0 Å². The zero-order chi connectivity index (χ0) is 15.9. The molecule has 2 aromatic rings. The summed E-state index contributed by atoms with van der Waals surface area (Å²) in [6, 6.07) is 13.6. The third-order valence-electron chi connectivity index (χ3n) is 2.59. The summed E-state index contributed by atoms with van der Waals surface area (Å²) < 4.78 is 6.19. The van der Waals surface area contributed by atoms with Crippen LogP contribution >= 0.6 is 34.2 Å². The first kappa shape index (κ1) is 16.6. The molecule has 2 N–H and O–H groups in total. The van der Waals surface area contributed by atoms with Crippen LogP contribution in [-0.4, -0.2) is 18.4 Å². The third-order valence-corrected chi connectivity index (χ3v) is 3.51. The van der Waals surface area contributed by atoms with Gasteiger partial charge in [-0.25, -0.2) is 0 Å². The molecule has 0 saturated carbocycles. The maximum atomic E-state index is 11.8. The van der Waals surface area contributed by atoms with E-state index in [-0.39, 0.29) is 6.61 Å². The van der Waals surface area contributed by atoms with Crippen molar-refractivity contribution in [2.45, 2.75) is 0 Å². The molecule has 22 heavy (non-hydrogen) atoms. The zero-order valence-corrected chi connectivity index (χ0v) is 14.2. The monoisotopic (exact) mass is 430 g/mol. The first-order chi connectivity index (χ1) is 10.5. The summed E-state index contributed by atoms with van der Waals surface area (Å²) in [5, 5.41) is 0.585. The van der Waals surface area contributed by atoms with Crippen molar-refractivity contribution in [2.75, 3.05) is 6.61 Å². The van der Waals surface area contributed by atoms with Crippen molar-refractivity contribution >= 4 is 46.0 Å². The van der Waals surface area contributed by atoms with Crippen LogP contribution in [0.4, 0.5) is 0 Å². The van der Waals surface area contributed by atoms with Crippen molar-refractivity contribution in [2.24, 2.45) is 0 Å². The summed E-state index contributed by atoms with van der Waals surface area (Å²) >= 11 is 7.85. The standard InChI is InChI=1S/C15H12ClIN2O3/c16-11-4-6-13(7-5-11)22-9-14(20)18-19-15(21)10-2-1-3-12(17)8-10/h1-8H,9H2,(H,18,20)(H,19,21). The molecule has 0 aromatic heterocycles. The molecular weight excluding hydrogens is 419 g/mol. The van der Waals surface area contributed by atoms with Gasteiger partial charge < -0.3 is 4.74 Å². The average Bonchev–Trinajstić information content (AvgIpc) is 2.52. The number of halogens is 2. The molecule has 2 aromatic carbocycles. The summed E-state index contributed by atoms with van der Waals surface area (Å²) in [5.41, 5.74) is 5.08. The van der Waals surface area contributed by atoms with Gasteiger partial charge in [-0.05, 0) is 65.1 Å². The van der Waals surface area contributed by atoms with E-state index in [4.69, 9.17) is 16.3 Å². The second-order valence-corrected chi connectivity index (χ2v) is 5.94. The Kier molecular flexibility index (Phi) is 6.02. The Hall–Kier alpha value is -1.80. The second kappa shape index (κ2) is 8.00. The first-order valence-electron chi connectivity index (χ1n) is 6.28. The highest BCUT2D eigenvalue weighted by molar-refractivity contribution is 14.1. The predicted molar refractivity (Wildman–Crippen MR) is 91.7 cm³/mol. The number of hydrogen-bond donors (Lipinski definition) is 2. The molecule has 2 rings (SSSR count). The molecule has 0 aliphatic carbocycles. The van der Waals surface area contributed by atoms with Gasteiger partial charge >= 0.3 is 0 Å². The van der Waals surface area contributed by atoms with E-state index in [1.807, 2.05) is 6.07 Å². The molecule has 5 nitrogen and oxygen atoms in total. The molecule has 7 heteroatoms. The minimum Gasteiger partial charge on any atom is -0.484 e. The maximum absolute atomic E-state index is 11.8.